The van der Waals surface area contributed by atoms with Gasteiger partial charge in [0.25, 0.3) is 0 Å². The summed E-state index contributed by atoms with van der Waals surface area (Å²) in [6, 6.07) is 9.95. The number of benzene rings is 1. The Labute approximate surface area is 124 Å². The van der Waals surface area contributed by atoms with Crippen LogP contribution in [0.2, 0.25) is 0 Å². The molecule has 2 aromatic rings. The lowest BCUT2D eigenvalue weighted by molar-refractivity contribution is 0.190. The van der Waals surface area contributed by atoms with Gasteiger partial charge in [0.2, 0.25) is 0 Å². The maximum Gasteiger partial charge on any atom is 0.318 e. The highest BCUT2D eigenvalue weighted by molar-refractivity contribution is 5.74. The number of rotatable bonds is 2. The maximum absolute atomic E-state index is 12.3. The maximum atomic E-state index is 12.3. The van der Waals surface area contributed by atoms with Crippen LogP contribution in [0.15, 0.2) is 30.3 Å². The molecule has 0 fully saturated rings. The van der Waals surface area contributed by atoms with Crippen molar-refractivity contribution >= 4 is 6.03 Å². The van der Waals surface area contributed by atoms with E-state index in [1.807, 2.05) is 53.9 Å². The fraction of sp³-hybridized carbons (Fsp3) is 0.375. The lowest BCUT2D eigenvalue weighted by Gasteiger charge is -2.27. The first-order valence-corrected chi connectivity index (χ1v) is 7.23. The summed E-state index contributed by atoms with van der Waals surface area (Å²) >= 11 is 0. The highest BCUT2D eigenvalue weighted by Crippen LogP contribution is 2.21. The van der Waals surface area contributed by atoms with E-state index in [2.05, 4.69) is 10.4 Å². The quantitative estimate of drug-likeness (QED) is 0.917. The van der Waals surface area contributed by atoms with Crippen molar-refractivity contribution in [1.29, 1.82) is 0 Å². The molecule has 5 nitrogen and oxygen atoms in total. The third-order valence-electron chi connectivity index (χ3n) is 4.02. The first-order chi connectivity index (χ1) is 10.1. The zero-order valence-electron chi connectivity index (χ0n) is 12.5. The molecule has 2 amide bonds. The van der Waals surface area contributed by atoms with Crippen molar-refractivity contribution in [3.63, 3.8) is 0 Å². The van der Waals surface area contributed by atoms with Gasteiger partial charge < -0.3 is 10.2 Å². The van der Waals surface area contributed by atoms with E-state index in [1.165, 1.54) is 5.56 Å². The third kappa shape index (κ3) is 2.77. The molecule has 3 rings (SSSR count). The number of amides is 2. The Morgan fingerprint density at radius 2 is 2.10 bits per heavy atom. The third-order valence-corrected chi connectivity index (χ3v) is 4.02. The topological polar surface area (TPSA) is 50.2 Å². The molecular weight excluding hydrogens is 264 g/mol. The predicted molar refractivity (Wildman–Crippen MR) is 80.7 cm³/mol. The number of nitrogens with one attached hydrogen (secondary N) is 1. The highest BCUT2D eigenvalue weighted by atomic mass is 16.2. The summed E-state index contributed by atoms with van der Waals surface area (Å²) in [5.41, 5.74) is 4.63. The van der Waals surface area contributed by atoms with Crippen LogP contribution in [0.4, 0.5) is 4.79 Å². The zero-order chi connectivity index (χ0) is 14.8. The average molecular weight is 284 g/mol. The number of carbonyl (C=O) groups excluding carboxylic acids is 1. The number of fused-ring (bicyclic) bond motifs is 1. The van der Waals surface area contributed by atoms with E-state index in [1.54, 1.807) is 0 Å². The van der Waals surface area contributed by atoms with Gasteiger partial charge in [0, 0.05) is 20.1 Å². The zero-order valence-corrected chi connectivity index (χ0v) is 12.5. The Bertz CT molecular complexity index is 648. The van der Waals surface area contributed by atoms with Crippen molar-refractivity contribution < 1.29 is 4.79 Å². The molecule has 5 heteroatoms. The van der Waals surface area contributed by atoms with E-state index >= 15 is 0 Å². The van der Waals surface area contributed by atoms with E-state index < -0.39 is 0 Å². The van der Waals surface area contributed by atoms with E-state index in [0.29, 0.717) is 13.1 Å². The SMILES string of the molecule is Cc1nn(C)c2c1CCN(C(=O)NCc1ccccc1)C2. The van der Waals surface area contributed by atoms with Crippen LogP contribution in [-0.2, 0) is 26.6 Å². The standard InChI is InChI=1S/C16H20N4O/c1-12-14-8-9-20(11-15(14)19(2)18-12)16(21)17-10-13-6-4-3-5-7-13/h3-7H,8-11H2,1-2H3,(H,17,21). The minimum absolute atomic E-state index is 0.0108. The lowest BCUT2D eigenvalue weighted by atomic mass is 10.1. The predicted octanol–water partition coefficient (Wildman–Crippen LogP) is 2.00. The second-order valence-electron chi connectivity index (χ2n) is 5.45. The first-order valence-electron chi connectivity index (χ1n) is 7.23. The molecule has 1 aromatic carbocycles. The molecular formula is C16H20N4O. The van der Waals surface area contributed by atoms with Crippen LogP contribution >= 0.6 is 0 Å². The Balaban J connectivity index is 1.63. The first kappa shape index (κ1) is 13.7. The van der Waals surface area contributed by atoms with Crippen LogP contribution < -0.4 is 5.32 Å². The summed E-state index contributed by atoms with van der Waals surface area (Å²) in [6.07, 6.45) is 0.883. The van der Waals surface area contributed by atoms with Gasteiger partial charge in [-0.3, -0.25) is 4.68 Å². The van der Waals surface area contributed by atoms with Crippen molar-refractivity contribution in [3.8, 4) is 0 Å². The van der Waals surface area contributed by atoms with Crippen molar-refractivity contribution in [1.82, 2.24) is 20.0 Å². The fourth-order valence-electron chi connectivity index (χ4n) is 2.84. The van der Waals surface area contributed by atoms with Crippen LogP contribution in [0.1, 0.15) is 22.5 Å². The summed E-state index contributed by atoms with van der Waals surface area (Å²) in [6.45, 7) is 3.98. The lowest BCUT2D eigenvalue weighted by Crippen LogP contribution is -2.42. The molecule has 0 atom stereocenters. The monoisotopic (exact) mass is 284 g/mol. The molecule has 0 saturated carbocycles. The van der Waals surface area contributed by atoms with Crippen LogP contribution in [0.25, 0.3) is 0 Å². The van der Waals surface area contributed by atoms with Gasteiger partial charge in [0.05, 0.1) is 17.9 Å². The Morgan fingerprint density at radius 3 is 2.86 bits per heavy atom. The van der Waals surface area contributed by atoms with Crippen LogP contribution in [0.3, 0.4) is 0 Å². The molecule has 2 heterocycles. The number of urea groups is 1. The Kier molecular flexibility index (Phi) is 3.64. The molecule has 1 aliphatic heterocycles. The van der Waals surface area contributed by atoms with Gasteiger partial charge >= 0.3 is 6.03 Å². The van der Waals surface area contributed by atoms with Crippen molar-refractivity contribution in [2.75, 3.05) is 6.54 Å². The minimum atomic E-state index is -0.0108. The number of aromatic nitrogens is 2. The van der Waals surface area contributed by atoms with Crippen molar-refractivity contribution in [2.45, 2.75) is 26.4 Å². The molecule has 1 aromatic heterocycles. The normalized spacial score (nSPS) is 13.9. The summed E-state index contributed by atoms with van der Waals surface area (Å²) in [4.78, 5) is 14.1. The summed E-state index contributed by atoms with van der Waals surface area (Å²) < 4.78 is 1.89. The number of hydrogen-bond acceptors (Lipinski definition) is 2. The molecule has 0 radical (unpaired) electrons. The molecule has 0 aliphatic carbocycles. The van der Waals surface area contributed by atoms with E-state index in [9.17, 15) is 4.79 Å². The largest absolute Gasteiger partial charge is 0.334 e. The van der Waals surface area contributed by atoms with E-state index in [0.717, 1.165) is 29.9 Å². The molecule has 0 spiro atoms. The van der Waals surface area contributed by atoms with Gasteiger partial charge in [-0.2, -0.15) is 5.10 Å². The summed E-state index contributed by atoms with van der Waals surface area (Å²) in [5, 5.41) is 7.42. The van der Waals surface area contributed by atoms with Crippen LogP contribution in [-0.4, -0.2) is 27.3 Å². The summed E-state index contributed by atoms with van der Waals surface area (Å²) in [5.74, 6) is 0. The number of aryl methyl sites for hydroxylation is 2. The van der Waals surface area contributed by atoms with E-state index in [-0.39, 0.29) is 6.03 Å². The molecule has 0 bridgehead atoms. The molecule has 0 unspecified atom stereocenters. The highest BCUT2D eigenvalue weighted by Gasteiger charge is 2.24. The number of hydrogen-bond donors (Lipinski definition) is 1. The van der Waals surface area contributed by atoms with Gasteiger partial charge in [-0.05, 0) is 24.5 Å². The van der Waals surface area contributed by atoms with Crippen LogP contribution in [0, 0.1) is 6.92 Å². The molecule has 0 saturated heterocycles. The smallest absolute Gasteiger partial charge is 0.318 e. The van der Waals surface area contributed by atoms with Gasteiger partial charge in [-0.15, -0.1) is 0 Å². The van der Waals surface area contributed by atoms with Crippen LogP contribution in [0.5, 0.6) is 0 Å². The Hall–Kier alpha value is -2.30. The van der Waals surface area contributed by atoms with Crippen molar-refractivity contribution in [2.24, 2.45) is 7.05 Å². The van der Waals surface area contributed by atoms with Crippen molar-refractivity contribution in [3.05, 3.63) is 52.8 Å². The average Bonchev–Trinajstić information content (AvgIpc) is 2.80. The van der Waals surface area contributed by atoms with Gasteiger partial charge in [0.1, 0.15) is 0 Å². The second kappa shape index (κ2) is 5.60. The second-order valence-corrected chi connectivity index (χ2v) is 5.45. The molecule has 21 heavy (non-hydrogen) atoms. The molecule has 110 valence electrons. The van der Waals surface area contributed by atoms with E-state index in [4.69, 9.17) is 0 Å². The van der Waals surface area contributed by atoms with Gasteiger partial charge in [-0.1, -0.05) is 30.3 Å². The number of carbonyl (C=O) groups is 1. The minimum Gasteiger partial charge on any atom is -0.334 e. The Morgan fingerprint density at radius 1 is 1.33 bits per heavy atom. The summed E-state index contributed by atoms with van der Waals surface area (Å²) in [7, 11) is 1.94. The fourth-order valence-corrected chi connectivity index (χ4v) is 2.84. The number of nitrogens with zero attached hydrogens (tertiary/aromatic N) is 3. The molecule has 1 N–H and O–H groups in total. The van der Waals surface area contributed by atoms with Gasteiger partial charge in [-0.25, -0.2) is 4.79 Å². The molecule has 1 aliphatic rings. The van der Waals surface area contributed by atoms with Gasteiger partial charge in [0.15, 0.2) is 0 Å².